The molecule has 2 fully saturated rings. The number of likely N-dealkylation sites (tertiary alicyclic amines) is 2. The highest BCUT2D eigenvalue weighted by Gasteiger charge is 2.33. The van der Waals surface area contributed by atoms with E-state index in [0.29, 0.717) is 24.2 Å². The van der Waals surface area contributed by atoms with Crippen LogP contribution in [0.5, 0.6) is 0 Å². The van der Waals surface area contributed by atoms with Crippen LogP contribution in [0.4, 0.5) is 0 Å². The van der Waals surface area contributed by atoms with E-state index in [-0.39, 0.29) is 13.2 Å². The molecule has 2 saturated heterocycles. The van der Waals surface area contributed by atoms with Crippen LogP contribution in [0.2, 0.25) is 0 Å². The fraction of sp³-hybridized carbons (Fsp3) is 0.368. The Morgan fingerprint density at radius 2 is 0.643 bits per heavy atom. The van der Waals surface area contributed by atoms with Gasteiger partial charge < -0.3 is 10.2 Å². The summed E-state index contributed by atoms with van der Waals surface area (Å²) in [6.07, 6.45) is 7.17. The van der Waals surface area contributed by atoms with E-state index in [2.05, 4.69) is 131 Å². The highest BCUT2D eigenvalue weighted by Crippen LogP contribution is 2.42. The fourth-order valence-corrected chi connectivity index (χ4v) is 7.09. The molecular formula is C38H46N2O2. The van der Waals surface area contributed by atoms with E-state index in [4.69, 9.17) is 0 Å². The van der Waals surface area contributed by atoms with Crippen LogP contribution < -0.4 is 0 Å². The Hall–Kier alpha value is -3.28. The van der Waals surface area contributed by atoms with E-state index in [0.717, 1.165) is 13.1 Å². The second kappa shape index (κ2) is 15.8. The van der Waals surface area contributed by atoms with Crippen LogP contribution in [0, 0.1) is 0 Å². The molecule has 42 heavy (non-hydrogen) atoms. The maximum Gasteiger partial charge on any atom is 0.0558 e. The van der Waals surface area contributed by atoms with Gasteiger partial charge in [-0.25, -0.2) is 0 Å². The molecule has 4 aromatic rings. The SMILES string of the molecule is OCCN1[C@@H](c2ccccc2)CCC[C@H]1c1ccccc1.OCCN1[C@@H](c2ccccc2)CCC[C@H]1c1ccccc1. The lowest BCUT2D eigenvalue weighted by molar-refractivity contribution is 0.0616. The molecule has 0 aromatic heterocycles. The van der Waals surface area contributed by atoms with Crippen molar-refractivity contribution >= 4 is 0 Å². The molecule has 2 N–H and O–H groups in total. The molecule has 4 atom stereocenters. The molecule has 2 heterocycles. The molecule has 220 valence electrons. The van der Waals surface area contributed by atoms with Crippen molar-refractivity contribution in [3.8, 4) is 0 Å². The summed E-state index contributed by atoms with van der Waals surface area (Å²) < 4.78 is 0. The lowest BCUT2D eigenvalue weighted by Gasteiger charge is -2.42. The predicted molar refractivity (Wildman–Crippen MR) is 172 cm³/mol. The first-order chi connectivity index (χ1) is 20.8. The van der Waals surface area contributed by atoms with E-state index in [1.54, 1.807) is 0 Å². The van der Waals surface area contributed by atoms with Gasteiger partial charge in [-0.1, -0.05) is 121 Å². The summed E-state index contributed by atoms with van der Waals surface area (Å²) in [5, 5.41) is 19.0. The fourth-order valence-electron chi connectivity index (χ4n) is 7.09. The second-order valence-electron chi connectivity index (χ2n) is 11.5. The number of aliphatic hydroxyl groups excluding tert-OH is 2. The van der Waals surface area contributed by atoms with Crippen molar-refractivity contribution in [3.63, 3.8) is 0 Å². The first-order valence-electron chi connectivity index (χ1n) is 15.7. The largest absolute Gasteiger partial charge is 0.395 e. The Bertz CT molecular complexity index is 1090. The minimum absolute atomic E-state index is 0.215. The second-order valence-corrected chi connectivity index (χ2v) is 11.5. The first-order valence-corrected chi connectivity index (χ1v) is 15.7. The van der Waals surface area contributed by atoms with Crippen molar-refractivity contribution in [1.29, 1.82) is 0 Å². The first kappa shape index (κ1) is 30.2. The molecule has 6 rings (SSSR count). The number of rotatable bonds is 8. The van der Waals surface area contributed by atoms with Crippen LogP contribution in [-0.2, 0) is 0 Å². The number of β-amino-alcohol motifs (C(OH)–C–C–N with tert-alkyl or cyclic N) is 2. The van der Waals surface area contributed by atoms with E-state index < -0.39 is 0 Å². The molecule has 0 saturated carbocycles. The van der Waals surface area contributed by atoms with Gasteiger partial charge in [0.1, 0.15) is 0 Å². The van der Waals surface area contributed by atoms with Gasteiger partial charge in [-0.3, -0.25) is 9.80 Å². The van der Waals surface area contributed by atoms with Crippen molar-refractivity contribution in [2.24, 2.45) is 0 Å². The highest BCUT2D eigenvalue weighted by atomic mass is 16.3. The van der Waals surface area contributed by atoms with E-state index in [1.807, 2.05) is 0 Å². The van der Waals surface area contributed by atoms with Crippen molar-refractivity contribution in [2.45, 2.75) is 62.7 Å². The average molecular weight is 563 g/mol. The number of aliphatic hydroxyl groups is 2. The monoisotopic (exact) mass is 562 g/mol. The van der Waals surface area contributed by atoms with Crippen LogP contribution in [0.3, 0.4) is 0 Å². The summed E-state index contributed by atoms with van der Waals surface area (Å²) in [7, 11) is 0. The lowest BCUT2D eigenvalue weighted by atomic mass is 9.87. The zero-order valence-corrected chi connectivity index (χ0v) is 24.7. The van der Waals surface area contributed by atoms with Gasteiger partial charge in [0.05, 0.1) is 13.2 Å². The third-order valence-corrected chi connectivity index (χ3v) is 8.97. The zero-order chi connectivity index (χ0) is 29.0. The molecule has 0 unspecified atom stereocenters. The maximum absolute atomic E-state index is 9.51. The van der Waals surface area contributed by atoms with Crippen LogP contribution in [-0.4, -0.2) is 46.3 Å². The van der Waals surface area contributed by atoms with Gasteiger partial charge >= 0.3 is 0 Å². The number of hydrogen-bond donors (Lipinski definition) is 2. The third kappa shape index (κ3) is 7.56. The van der Waals surface area contributed by atoms with Crippen molar-refractivity contribution in [3.05, 3.63) is 144 Å². The number of nitrogens with zero attached hydrogens (tertiary/aromatic N) is 2. The van der Waals surface area contributed by atoms with Crippen LogP contribution >= 0.6 is 0 Å². The van der Waals surface area contributed by atoms with E-state index in [1.165, 1.54) is 60.8 Å². The summed E-state index contributed by atoms with van der Waals surface area (Å²) in [5.41, 5.74) is 5.47. The van der Waals surface area contributed by atoms with Crippen LogP contribution in [0.15, 0.2) is 121 Å². The molecule has 0 bridgehead atoms. The highest BCUT2D eigenvalue weighted by molar-refractivity contribution is 5.26. The van der Waals surface area contributed by atoms with Crippen molar-refractivity contribution in [2.75, 3.05) is 26.3 Å². The van der Waals surface area contributed by atoms with Crippen molar-refractivity contribution < 1.29 is 10.2 Å². The maximum atomic E-state index is 9.51. The van der Waals surface area contributed by atoms with E-state index >= 15 is 0 Å². The van der Waals surface area contributed by atoms with Gasteiger partial charge in [-0.15, -0.1) is 0 Å². The molecule has 2 aliphatic rings. The normalized spacial score (nSPS) is 23.1. The summed E-state index contributed by atoms with van der Waals surface area (Å²) in [4.78, 5) is 4.96. The molecule has 0 radical (unpaired) electrons. The molecule has 4 nitrogen and oxygen atoms in total. The molecular weight excluding hydrogens is 516 g/mol. The lowest BCUT2D eigenvalue weighted by Crippen LogP contribution is -2.38. The smallest absolute Gasteiger partial charge is 0.0558 e. The Kier molecular flexibility index (Phi) is 11.4. The molecule has 4 heteroatoms. The number of piperidine rings is 2. The van der Waals surface area contributed by atoms with Gasteiger partial charge in [0, 0.05) is 37.3 Å². The summed E-state index contributed by atoms with van der Waals surface area (Å²) in [6.45, 7) is 1.90. The van der Waals surface area contributed by atoms with Crippen LogP contribution in [0.1, 0.15) is 84.9 Å². The van der Waals surface area contributed by atoms with E-state index in [9.17, 15) is 10.2 Å². The third-order valence-electron chi connectivity index (χ3n) is 8.97. The number of benzene rings is 4. The van der Waals surface area contributed by atoms with Crippen molar-refractivity contribution in [1.82, 2.24) is 9.80 Å². The van der Waals surface area contributed by atoms with Crippen LogP contribution in [0.25, 0.3) is 0 Å². The molecule has 0 aliphatic carbocycles. The quantitative estimate of drug-likeness (QED) is 0.229. The Morgan fingerprint density at radius 3 is 0.857 bits per heavy atom. The summed E-state index contributed by atoms with van der Waals surface area (Å²) in [5.74, 6) is 0. The minimum atomic E-state index is 0.215. The topological polar surface area (TPSA) is 46.9 Å². The number of hydrogen-bond acceptors (Lipinski definition) is 4. The molecule has 0 spiro atoms. The molecule has 2 aliphatic heterocycles. The average Bonchev–Trinajstić information content (AvgIpc) is 3.07. The minimum Gasteiger partial charge on any atom is -0.395 e. The van der Waals surface area contributed by atoms with Gasteiger partial charge in [0.15, 0.2) is 0 Å². The summed E-state index contributed by atoms with van der Waals surface area (Å²) in [6, 6.07) is 44.5. The van der Waals surface area contributed by atoms with Gasteiger partial charge in [-0.2, -0.15) is 0 Å². The Labute approximate surface area is 252 Å². The zero-order valence-electron chi connectivity index (χ0n) is 24.7. The Morgan fingerprint density at radius 1 is 0.405 bits per heavy atom. The molecule has 4 aromatic carbocycles. The van der Waals surface area contributed by atoms with Gasteiger partial charge in [-0.05, 0) is 60.8 Å². The Balaban J connectivity index is 0.000000168. The van der Waals surface area contributed by atoms with Gasteiger partial charge in [0.2, 0.25) is 0 Å². The predicted octanol–water partition coefficient (Wildman–Crippen LogP) is 7.89. The molecule has 0 amide bonds. The summed E-state index contributed by atoms with van der Waals surface area (Å²) >= 11 is 0. The van der Waals surface area contributed by atoms with Gasteiger partial charge in [0.25, 0.3) is 0 Å². The standard InChI is InChI=1S/2C19H23NO/c2*21-15-14-20-18(16-8-3-1-4-9-16)12-7-13-19(20)17-10-5-2-6-11-17/h2*1-6,8-11,18-19,21H,7,12-15H2/t2*18-,19+.